The Bertz CT molecular complexity index is 483. The van der Waals surface area contributed by atoms with Gasteiger partial charge < -0.3 is 15.6 Å². The summed E-state index contributed by atoms with van der Waals surface area (Å²) in [7, 11) is 0. The molecule has 5 nitrogen and oxygen atoms in total. The molecule has 0 saturated carbocycles. The summed E-state index contributed by atoms with van der Waals surface area (Å²) in [4.78, 5) is 4.37. The fourth-order valence-corrected chi connectivity index (χ4v) is 1.42. The van der Waals surface area contributed by atoms with Crippen LogP contribution in [0.4, 0.5) is 5.69 Å². The normalized spacial score (nSPS) is 10.0. The van der Waals surface area contributed by atoms with Crippen molar-refractivity contribution in [1.82, 2.24) is 10.1 Å². The summed E-state index contributed by atoms with van der Waals surface area (Å²) in [5.74, 6) is 0.734. The third-order valence-corrected chi connectivity index (χ3v) is 2.18. The third-order valence-electron chi connectivity index (χ3n) is 1.99. The van der Waals surface area contributed by atoms with Crippen LogP contribution in [0.3, 0.4) is 0 Å². The van der Waals surface area contributed by atoms with Gasteiger partial charge in [0.05, 0.1) is 18.4 Å². The lowest BCUT2D eigenvalue weighted by molar-refractivity contribution is 0.388. The lowest BCUT2D eigenvalue weighted by Crippen LogP contribution is -2.14. The Kier molecular flexibility index (Phi) is 3.11. The fraction of sp³-hybridized carbons (Fsp3) is 0.100. The molecule has 0 bridgehead atoms. The molecule has 2 aromatic heterocycles. The summed E-state index contributed by atoms with van der Waals surface area (Å²) in [6, 6.07) is 5.45. The molecule has 2 heterocycles. The Morgan fingerprint density at radius 3 is 3.00 bits per heavy atom. The van der Waals surface area contributed by atoms with Crippen molar-refractivity contribution >= 4 is 22.9 Å². The second-order valence-corrected chi connectivity index (χ2v) is 3.54. The first-order valence-electron chi connectivity index (χ1n) is 4.65. The second kappa shape index (κ2) is 4.71. The van der Waals surface area contributed by atoms with Crippen LogP contribution in [0.25, 0.3) is 0 Å². The van der Waals surface area contributed by atoms with E-state index in [2.05, 4.69) is 15.5 Å². The number of anilines is 1. The average Bonchev–Trinajstić information content (AvgIpc) is 2.79. The van der Waals surface area contributed by atoms with Gasteiger partial charge in [0, 0.05) is 12.3 Å². The van der Waals surface area contributed by atoms with Crippen molar-refractivity contribution in [2.24, 2.45) is 5.73 Å². The predicted octanol–water partition coefficient (Wildman–Crippen LogP) is 1.32. The number of thiocarbonyl (C=S) groups is 1. The maximum atomic E-state index is 5.56. The minimum absolute atomic E-state index is 0.265. The van der Waals surface area contributed by atoms with Crippen LogP contribution >= 0.6 is 12.2 Å². The molecule has 0 amide bonds. The van der Waals surface area contributed by atoms with Gasteiger partial charge in [0.1, 0.15) is 10.7 Å². The largest absolute Gasteiger partial charge is 0.388 e. The summed E-state index contributed by atoms with van der Waals surface area (Å²) in [6.07, 6.45) is 3.24. The Morgan fingerprint density at radius 2 is 2.31 bits per heavy atom. The van der Waals surface area contributed by atoms with E-state index in [1.54, 1.807) is 18.5 Å². The lowest BCUT2D eigenvalue weighted by Gasteiger charge is -2.07. The summed E-state index contributed by atoms with van der Waals surface area (Å²) in [5.41, 5.74) is 6.92. The highest BCUT2D eigenvalue weighted by molar-refractivity contribution is 7.80. The highest BCUT2D eigenvalue weighted by atomic mass is 32.1. The molecule has 0 aliphatic heterocycles. The molecule has 0 aromatic carbocycles. The van der Waals surface area contributed by atoms with Crippen molar-refractivity contribution in [1.29, 1.82) is 0 Å². The Balaban J connectivity index is 2.12. The van der Waals surface area contributed by atoms with Crippen LogP contribution in [0, 0.1) is 0 Å². The second-order valence-electron chi connectivity index (χ2n) is 3.10. The standard InChI is InChI=1S/C10H10N4OS/c11-10(16)9-8(2-1-4-12-9)13-6-7-3-5-14-15-7/h1-5,13H,6H2,(H2,11,16). The zero-order valence-electron chi connectivity index (χ0n) is 8.38. The zero-order chi connectivity index (χ0) is 11.4. The Labute approximate surface area is 97.7 Å². The van der Waals surface area contributed by atoms with Gasteiger partial charge in [0.2, 0.25) is 0 Å². The number of pyridine rings is 1. The number of nitrogens with one attached hydrogen (secondary N) is 1. The van der Waals surface area contributed by atoms with Crippen molar-refractivity contribution in [3.63, 3.8) is 0 Å². The van der Waals surface area contributed by atoms with Crippen molar-refractivity contribution in [2.45, 2.75) is 6.54 Å². The van der Waals surface area contributed by atoms with Gasteiger partial charge in [0.15, 0.2) is 5.76 Å². The van der Waals surface area contributed by atoms with Gasteiger partial charge in [-0.25, -0.2) is 0 Å². The lowest BCUT2D eigenvalue weighted by atomic mass is 10.3. The first-order valence-corrected chi connectivity index (χ1v) is 5.06. The van der Waals surface area contributed by atoms with Gasteiger partial charge in [-0.3, -0.25) is 4.98 Å². The fourth-order valence-electron chi connectivity index (χ4n) is 1.26. The van der Waals surface area contributed by atoms with Crippen molar-refractivity contribution in [2.75, 3.05) is 5.32 Å². The van der Waals surface area contributed by atoms with E-state index < -0.39 is 0 Å². The molecule has 2 rings (SSSR count). The first kappa shape index (κ1) is 10.6. The molecule has 6 heteroatoms. The van der Waals surface area contributed by atoms with Crippen LogP contribution in [0.2, 0.25) is 0 Å². The summed E-state index contributed by atoms with van der Waals surface area (Å²) in [5, 5.41) is 6.74. The number of nitrogens with zero attached hydrogens (tertiary/aromatic N) is 2. The number of rotatable bonds is 4. The Hall–Kier alpha value is -1.95. The van der Waals surface area contributed by atoms with Gasteiger partial charge in [-0.1, -0.05) is 17.4 Å². The average molecular weight is 234 g/mol. The minimum Gasteiger partial charge on any atom is -0.388 e. The SMILES string of the molecule is NC(=S)c1ncccc1NCc1ccno1. The molecule has 2 aromatic rings. The third kappa shape index (κ3) is 2.34. The van der Waals surface area contributed by atoms with Crippen molar-refractivity contribution in [3.8, 4) is 0 Å². The molecule has 0 unspecified atom stereocenters. The van der Waals surface area contributed by atoms with Crippen molar-refractivity contribution in [3.05, 3.63) is 42.0 Å². The van der Waals surface area contributed by atoms with Crippen LogP contribution in [0.5, 0.6) is 0 Å². The van der Waals surface area contributed by atoms with Crippen LogP contribution in [0.1, 0.15) is 11.5 Å². The molecule has 0 saturated heterocycles. The van der Waals surface area contributed by atoms with Crippen LogP contribution < -0.4 is 11.1 Å². The quantitative estimate of drug-likeness (QED) is 0.777. The molecule has 82 valence electrons. The van der Waals surface area contributed by atoms with Gasteiger partial charge in [-0.15, -0.1) is 0 Å². The van der Waals surface area contributed by atoms with E-state index in [9.17, 15) is 0 Å². The van der Waals surface area contributed by atoms with Gasteiger partial charge in [0.25, 0.3) is 0 Å². The molecule has 0 aliphatic rings. The predicted molar refractivity (Wildman–Crippen MR) is 64.0 cm³/mol. The molecule has 3 N–H and O–H groups in total. The smallest absolute Gasteiger partial charge is 0.155 e. The molecule has 0 spiro atoms. The van der Waals surface area contributed by atoms with Crippen molar-refractivity contribution < 1.29 is 4.52 Å². The summed E-state index contributed by atoms with van der Waals surface area (Å²) >= 11 is 4.90. The van der Waals surface area contributed by atoms with Crippen LogP contribution in [-0.4, -0.2) is 15.1 Å². The number of hydrogen-bond donors (Lipinski definition) is 2. The zero-order valence-corrected chi connectivity index (χ0v) is 9.20. The maximum absolute atomic E-state index is 5.56. The van der Waals surface area contributed by atoms with E-state index in [1.165, 1.54) is 0 Å². The monoisotopic (exact) mass is 234 g/mol. The molecular formula is C10H10N4OS. The Morgan fingerprint density at radius 1 is 1.44 bits per heavy atom. The summed E-state index contributed by atoms with van der Waals surface area (Å²) < 4.78 is 4.96. The molecule has 0 radical (unpaired) electrons. The molecule has 0 aliphatic carbocycles. The van der Waals surface area contributed by atoms with Gasteiger partial charge >= 0.3 is 0 Å². The number of hydrogen-bond acceptors (Lipinski definition) is 5. The summed E-state index contributed by atoms with van der Waals surface area (Å²) in [6.45, 7) is 0.515. The molecule has 0 atom stereocenters. The number of nitrogens with two attached hydrogens (primary N) is 1. The van der Waals surface area contributed by atoms with E-state index in [0.29, 0.717) is 12.2 Å². The van der Waals surface area contributed by atoms with Crippen LogP contribution in [0.15, 0.2) is 35.1 Å². The van der Waals surface area contributed by atoms with Gasteiger partial charge in [-0.2, -0.15) is 0 Å². The number of aromatic nitrogens is 2. The van der Waals surface area contributed by atoms with E-state index in [0.717, 1.165) is 11.4 Å². The molecular weight excluding hydrogens is 224 g/mol. The van der Waals surface area contributed by atoms with Crippen LogP contribution in [-0.2, 0) is 6.54 Å². The van der Waals surface area contributed by atoms with E-state index in [-0.39, 0.29) is 4.99 Å². The highest BCUT2D eigenvalue weighted by Crippen LogP contribution is 2.13. The van der Waals surface area contributed by atoms with E-state index in [4.69, 9.17) is 22.5 Å². The molecule has 16 heavy (non-hydrogen) atoms. The van der Waals surface area contributed by atoms with E-state index >= 15 is 0 Å². The first-order chi connectivity index (χ1) is 7.77. The topological polar surface area (TPSA) is 77.0 Å². The maximum Gasteiger partial charge on any atom is 0.155 e. The highest BCUT2D eigenvalue weighted by Gasteiger charge is 2.06. The van der Waals surface area contributed by atoms with E-state index in [1.807, 2.05) is 12.1 Å². The molecule has 0 fully saturated rings. The van der Waals surface area contributed by atoms with Gasteiger partial charge in [-0.05, 0) is 12.1 Å². The minimum atomic E-state index is 0.265.